The van der Waals surface area contributed by atoms with Gasteiger partial charge in [-0.15, -0.1) is 0 Å². The van der Waals surface area contributed by atoms with E-state index < -0.39 is 0 Å². The van der Waals surface area contributed by atoms with Crippen LogP contribution < -0.4 is 9.64 Å². The molecule has 0 radical (unpaired) electrons. The van der Waals surface area contributed by atoms with Crippen LogP contribution in [0, 0.1) is 10.1 Å². The molecular weight excluding hydrogens is 340 g/mol. The van der Waals surface area contributed by atoms with Crippen molar-refractivity contribution in [3.63, 3.8) is 0 Å². The zero-order chi connectivity index (χ0) is 18.8. The summed E-state index contributed by atoms with van der Waals surface area (Å²) < 4.78 is 5.37. The van der Waals surface area contributed by atoms with Crippen LogP contribution in [0.1, 0.15) is 22.7 Å². The third-order valence-corrected chi connectivity index (χ3v) is 5.09. The summed E-state index contributed by atoms with van der Waals surface area (Å²) >= 11 is 0. The lowest BCUT2D eigenvalue weighted by molar-refractivity contribution is -0.385. The Kier molecular flexibility index (Phi) is 4.50. The lowest BCUT2D eigenvalue weighted by Gasteiger charge is -2.39. The summed E-state index contributed by atoms with van der Waals surface area (Å²) in [6.45, 7) is 0.779. The Labute approximate surface area is 158 Å². The molecule has 0 bridgehead atoms. The number of fused-ring (bicyclic) bond motifs is 1. The summed E-state index contributed by atoms with van der Waals surface area (Å²) in [6.07, 6.45) is 0.860. The molecule has 1 atom stereocenters. The number of hydrogen-bond acceptors (Lipinski definition) is 4. The average molecular weight is 360 g/mol. The maximum absolute atomic E-state index is 11.7. The van der Waals surface area contributed by atoms with Crippen LogP contribution in [0.3, 0.4) is 0 Å². The van der Waals surface area contributed by atoms with E-state index in [1.807, 2.05) is 48.5 Å². The monoisotopic (exact) mass is 360 g/mol. The Morgan fingerprint density at radius 1 is 1.00 bits per heavy atom. The number of methoxy groups -OCH3 is 1. The molecule has 1 aliphatic heterocycles. The second kappa shape index (κ2) is 7.11. The molecule has 136 valence electrons. The SMILES string of the molecule is COc1ccc2c(c1)CCN(c1ccccc1)[C@@H]2c1ccccc1[N+](=O)[O-]. The number of para-hydroxylation sites is 2. The first kappa shape index (κ1) is 17.1. The van der Waals surface area contributed by atoms with Crippen molar-refractivity contribution in [3.8, 4) is 5.75 Å². The van der Waals surface area contributed by atoms with Gasteiger partial charge in [0.1, 0.15) is 5.75 Å². The van der Waals surface area contributed by atoms with Crippen molar-refractivity contribution in [2.45, 2.75) is 12.5 Å². The molecule has 3 aromatic rings. The van der Waals surface area contributed by atoms with Crippen molar-refractivity contribution in [1.29, 1.82) is 0 Å². The van der Waals surface area contributed by atoms with Gasteiger partial charge in [0.05, 0.1) is 23.6 Å². The van der Waals surface area contributed by atoms with Crippen LogP contribution in [-0.2, 0) is 6.42 Å². The molecule has 0 aromatic heterocycles. The third kappa shape index (κ3) is 3.12. The van der Waals surface area contributed by atoms with Crippen molar-refractivity contribution < 1.29 is 9.66 Å². The number of nitro benzene ring substituents is 1. The first-order valence-electron chi connectivity index (χ1n) is 8.91. The van der Waals surface area contributed by atoms with Gasteiger partial charge in [0.25, 0.3) is 5.69 Å². The molecule has 0 amide bonds. The Morgan fingerprint density at radius 3 is 2.48 bits per heavy atom. The van der Waals surface area contributed by atoms with Crippen LogP contribution >= 0.6 is 0 Å². The van der Waals surface area contributed by atoms with Crippen LogP contribution in [0.4, 0.5) is 11.4 Å². The number of rotatable bonds is 4. The van der Waals surface area contributed by atoms with Crippen molar-refractivity contribution in [3.05, 3.63) is 99.6 Å². The number of hydrogen-bond donors (Lipinski definition) is 0. The van der Waals surface area contributed by atoms with Gasteiger partial charge in [-0.25, -0.2) is 0 Å². The molecule has 5 nitrogen and oxygen atoms in total. The fourth-order valence-electron chi connectivity index (χ4n) is 3.85. The minimum Gasteiger partial charge on any atom is -0.497 e. The highest BCUT2D eigenvalue weighted by atomic mass is 16.6. The highest BCUT2D eigenvalue weighted by Crippen LogP contribution is 2.42. The molecular formula is C22H20N2O3. The van der Waals surface area contributed by atoms with Gasteiger partial charge in [0.2, 0.25) is 0 Å². The smallest absolute Gasteiger partial charge is 0.275 e. The molecule has 0 unspecified atom stereocenters. The number of nitro groups is 1. The second-order valence-electron chi connectivity index (χ2n) is 6.56. The first-order chi connectivity index (χ1) is 13.2. The van der Waals surface area contributed by atoms with Crippen molar-refractivity contribution in [1.82, 2.24) is 0 Å². The van der Waals surface area contributed by atoms with E-state index >= 15 is 0 Å². The molecule has 4 rings (SSSR count). The number of nitrogens with zero attached hydrogens (tertiary/aromatic N) is 2. The van der Waals surface area contributed by atoms with Crippen molar-refractivity contribution >= 4 is 11.4 Å². The van der Waals surface area contributed by atoms with Crippen molar-refractivity contribution in [2.75, 3.05) is 18.6 Å². The summed E-state index contributed by atoms with van der Waals surface area (Å²) in [5.74, 6) is 0.809. The topological polar surface area (TPSA) is 55.6 Å². The van der Waals surface area contributed by atoms with E-state index in [1.54, 1.807) is 19.2 Å². The Hall–Kier alpha value is -3.34. The van der Waals surface area contributed by atoms with Gasteiger partial charge < -0.3 is 9.64 Å². The summed E-state index contributed by atoms with van der Waals surface area (Å²) in [6, 6.07) is 22.9. The van der Waals surface area contributed by atoms with E-state index in [0.29, 0.717) is 5.56 Å². The molecule has 1 aliphatic rings. The molecule has 27 heavy (non-hydrogen) atoms. The van der Waals surface area contributed by atoms with Gasteiger partial charge in [-0.2, -0.15) is 0 Å². The molecule has 3 aromatic carbocycles. The largest absolute Gasteiger partial charge is 0.497 e. The molecule has 0 fully saturated rings. The van der Waals surface area contributed by atoms with E-state index in [9.17, 15) is 10.1 Å². The maximum Gasteiger partial charge on any atom is 0.275 e. The zero-order valence-electron chi connectivity index (χ0n) is 15.0. The lowest BCUT2D eigenvalue weighted by Crippen LogP contribution is -2.36. The average Bonchev–Trinajstić information content (AvgIpc) is 2.73. The zero-order valence-corrected chi connectivity index (χ0v) is 15.0. The molecule has 1 heterocycles. The summed E-state index contributed by atoms with van der Waals surface area (Å²) in [7, 11) is 1.65. The summed E-state index contributed by atoms with van der Waals surface area (Å²) in [5, 5.41) is 11.7. The first-order valence-corrected chi connectivity index (χ1v) is 8.91. The predicted molar refractivity (Wildman–Crippen MR) is 105 cm³/mol. The van der Waals surface area contributed by atoms with E-state index in [2.05, 4.69) is 17.0 Å². The lowest BCUT2D eigenvalue weighted by atomic mass is 9.87. The van der Waals surface area contributed by atoms with E-state index in [0.717, 1.165) is 30.0 Å². The Morgan fingerprint density at radius 2 is 1.74 bits per heavy atom. The van der Waals surface area contributed by atoms with Crippen LogP contribution in [-0.4, -0.2) is 18.6 Å². The molecule has 5 heteroatoms. The normalized spacial score (nSPS) is 15.9. The highest BCUT2D eigenvalue weighted by molar-refractivity contribution is 5.60. The summed E-state index contributed by atoms with van der Waals surface area (Å²) in [4.78, 5) is 13.6. The van der Waals surface area contributed by atoms with Gasteiger partial charge in [-0.1, -0.05) is 36.4 Å². The fourth-order valence-corrected chi connectivity index (χ4v) is 3.85. The second-order valence-corrected chi connectivity index (χ2v) is 6.56. The molecule has 0 aliphatic carbocycles. The van der Waals surface area contributed by atoms with Gasteiger partial charge in [-0.05, 0) is 47.9 Å². The van der Waals surface area contributed by atoms with Crippen LogP contribution in [0.25, 0.3) is 0 Å². The van der Waals surface area contributed by atoms with E-state index in [4.69, 9.17) is 4.74 Å². The Bertz CT molecular complexity index is 972. The number of anilines is 1. The fraction of sp³-hybridized carbons (Fsp3) is 0.182. The Balaban J connectivity index is 1.91. The minimum atomic E-state index is -0.295. The predicted octanol–water partition coefficient (Wildman–Crippen LogP) is 4.76. The molecule has 0 saturated carbocycles. The third-order valence-electron chi connectivity index (χ3n) is 5.09. The standard InChI is InChI=1S/C22H20N2O3/c1-27-18-11-12-19-16(15-18)13-14-23(17-7-3-2-4-8-17)22(19)20-9-5-6-10-21(20)24(25)26/h2-12,15,22H,13-14H2,1H3/t22-/m0/s1. The maximum atomic E-state index is 11.7. The van der Waals surface area contributed by atoms with E-state index in [-0.39, 0.29) is 16.7 Å². The number of ether oxygens (including phenoxy) is 1. The van der Waals surface area contributed by atoms with Gasteiger partial charge in [0, 0.05) is 18.3 Å². The molecule has 0 saturated heterocycles. The minimum absolute atomic E-state index is 0.145. The number of benzene rings is 3. The highest BCUT2D eigenvalue weighted by Gasteiger charge is 2.33. The van der Waals surface area contributed by atoms with E-state index in [1.165, 1.54) is 5.56 Å². The summed E-state index contributed by atoms with van der Waals surface area (Å²) in [5.41, 5.74) is 4.16. The quantitative estimate of drug-likeness (QED) is 0.497. The van der Waals surface area contributed by atoms with Crippen LogP contribution in [0.2, 0.25) is 0 Å². The van der Waals surface area contributed by atoms with Gasteiger partial charge in [-0.3, -0.25) is 10.1 Å². The molecule has 0 N–H and O–H groups in total. The van der Waals surface area contributed by atoms with Crippen molar-refractivity contribution in [2.24, 2.45) is 0 Å². The van der Waals surface area contributed by atoms with Gasteiger partial charge >= 0.3 is 0 Å². The molecule has 0 spiro atoms. The van der Waals surface area contributed by atoms with Gasteiger partial charge in [0.15, 0.2) is 0 Å². The van der Waals surface area contributed by atoms with Crippen LogP contribution in [0.15, 0.2) is 72.8 Å². The van der Waals surface area contributed by atoms with Crippen LogP contribution in [0.5, 0.6) is 5.75 Å².